The van der Waals surface area contributed by atoms with E-state index in [1.54, 1.807) is 0 Å². The number of hydrogen-bond donors (Lipinski definition) is 1. The number of piperazine rings is 1. The van der Waals surface area contributed by atoms with Crippen LogP contribution in [-0.4, -0.2) is 55.3 Å². The monoisotopic (exact) mass is 251 g/mol. The molecule has 2 rings (SSSR count). The van der Waals surface area contributed by atoms with Gasteiger partial charge in [-0.15, -0.1) is 0 Å². The van der Waals surface area contributed by atoms with Crippen LogP contribution in [0.3, 0.4) is 0 Å². The Labute approximate surface area is 108 Å². The molecule has 5 heteroatoms. The third-order valence-electron chi connectivity index (χ3n) is 3.77. The smallest absolute Gasteiger partial charge is 0.270 e. The highest BCUT2D eigenvalue weighted by molar-refractivity contribution is 5.95. The number of carbonyl (C=O) groups is 2. The summed E-state index contributed by atoms with van der Waals surface area (Å²) in [6.45, 7) is 3.28. The Balaban J connectivity index is 2.08. The number of carbonyl (C=O) groups excluding carboxylic acids is 2. The summed E-state index contributed by atoms with van der Waals surface area (Å²) in [7, 11) is 2.06. The maximum absolute atomic E-state index is 12.4. The highest BCUT2D eigenvalue weighted by atomic mass is 16.2. The predicted octanol–water partition coefficient (Wildman–Crippen LogP) is 0.334. The highest BCUT2D eigenvalue weighted by Gasteiger charge is 2.25. The molecule has 2 fully saturated rings. The third kappa shape index (κ3) is 2.90. The van der Waals surface area contributed by atoms with Crippen LogP contribution in [0.5, 0.6) is 0 Å². The number of hydrogen-bond acceptors (Lipinski definition) is 3. The van der Waals surface area contributed by atoms with Gasteiger partial charge in [0, 0.05) is 26.2 Å². The molecule has 2 amide bonds. The molecule has 18 heavy (non-hydrogen) atoms. The minimum atomic E-state index is -0.00731. The van der Waals surface area contributed by atoms with Crippen molar-refractivity contribution in [2.24, 2.45) is 0 Å². The van der Waals surface area contributed by atoms with Crippen LogP contribution >= 0.6 is 0 Å². The molecule has 0 spiro atoms. The molecule has 5 nitrogen and oxygen atoms in total. The summed E-state index contributed by atoms with van der Waals surface area (Å²) in [5.41, 5.74) is 1.65. The van der Waals surface area contributed by atoms with Crippen molar-refractivity contribution < 1.29 is 9.59 Å². The molecule has 1 aliphatic heterocycles. The van der Waals surface area contributed by atoms with E-state index in [2.05, 4.69) is 17.3 Å². The average Bonchev–Trinajstić information content (AvgIpc) is 2.90. The molecule has 0 unspecified atom stereocenters. The molecule has 100 valence electrons. The lowest BCUT2D eigenvalue weighted by atomic mass is 10.1. The molecule has 0 radical (unpaired) electrons. The van der Waals surface area contributed by atoms with Crippen LogP contribution in [0, 0.1) is 0 Å². The lowest BCUT2D eigenvalue weighted by Crippen LogP contribution is -2.49. The van der Waals surface area contributed by atoms with Crippen LogP contribution < -0.4 is 5.32 Å². The van der Waals surface area contributed by atoms with Crippen molar-refractivity contribution in [3.05, 3.63) is 11.3 Å². The quantitative estimate of drug-likeness (QED) is 0.581. The number of allylic oxidation sites excluding steroid dienone is 1. The zero-order valence-corrected chi connectivity index (χ0v) is 10.9. The lowest BCUT2D eigenvalue weighted by Gasteiger charge is -2.33. The van der Waals surface area contributed by atoms with E-state index in [4.69, 9.17) is 0 Å². The topological polar surface area (TPSA) is 52.6 Å². The van der Waals surface area contributed by atoms with Gasteiger partial charge in [-0.25, -0.2) is 0 Å². The summed E-state index contributed by atoms with van der Waals surface area (Å²) in [6.07, 6.45) is 4.74. The van der Waals surface area contributed by atoms with E-state index in [1.165, 1.54) is 0 Å². The standard InChI is InChI=1S/C13H21N3O2/c1-15-6-8-16(9-7-15)13(18)12(14-10-17)11-4-2-3-5-11/h10H,2-9H2,1H3,(H,14,17). The molecule has 1 N–H and O–H groups in total. The van der Waals surface area contributed by atoms with Crippen molar-refractivity contribution in [2.45, 2.75) is 25.7 Å². The van der Waals surface area contributed by atoms with Crippen LogP contribution in [0.25, 0.3) is 0 Å². The Morgan fingerprint density at radius 3 is 2.33 bits per heavy atom. The summed E-state index contributed by atoms with van der Waals surface area (Å²) < 4.78 is 0. The van der Waals surface area contributed by atoms with E-state index in [-0.39, 0.29) is 5.91 Å². The van der Waals surface area contributed by atoms with Crippen LogP contribution in [-0.2, 0) is 9.59 Å². The fourth-order valence-corrected chi connectivity index (χ4v) is 2.59. The molecule has 1 heterocycles. The van der Waals surface area contributed by atoms with Crippen molar-refractivity contribution in [3.8, 4) is 0 Å². The van der Waals surface area contributed by atoms with Gasteiger partial charge in [-0.1, -0.05) is 0 Å². The minimum Gasteiger partial charge on any atom is -0.335 e. The average molecular weight is 251 g/mol. The molecular weight excluding hydrogens is 230 g/mol. The Hall–Kier alpha value is -1.36. The predicted molar refractivity (Wildman–Crippen MR) is 68.8 cm³/mol. The Morgan fingerprint density at radius 1 is 1.17 bits per heavy atom. The van der Waals surface area contributed by atoms with Gasteiger partial charge in [0.1, 0.15) is 5.70 Å². The summed E-state index contributed by atoms with van der Waals surface area (Å²) in [4.78, 5) is 27.1. The molecule has 0 aromatic carbocycles. The first-order chi connectivity index (χ1) is 8.72. The molecule has 2 aliphatic rings. The SMILES string of the molecule is CN1CCN(C(=O)C(NC=O)=C2CCCC2)CC1. The molecule has 1 saturated carbocycles. The fraction of sp³-hybridized carbons (Fsp3) is 0.692. The van der Waals surface area contributed by atoms with Crippen molar-refractivity contribution >= 4 is 12.3 Å². The van der Waals surface area contributed by atoms with Crippen molar-refractivity contribution in [1.29, 1.82) is 0 Å². The molecule has 0 bridgehead atoms. The molecule has 0 aromatic rings. The van der Waals surface area contributed by atoms with Gasteiger partial charge < -0.3 is 15.1 Å². The van der Waals surface area contributed by atoms with E-state index < -0.39 is 0 Å². The Kier molecular flexibility index (Phi) is 4.36. The van der Waals surface area contributed by atoms with Gasteiger partial charge in [-0.3, -0.25) is 9.59 Å². The van der Waals surface area contributed by atoms with Gasteiger partial charge in [0.2, 0.25) is 6.41 Å². The van der Waals surface area contributed by atoms with E-state index in [1.807, 2.05) is 4.90 Å². The second-order valence-electron chi connectivity index (χ2n) is 5.04. The van der Waals surface area contributed by atoms with Crippen LogP contribution in [0.1, 0.15) is 25.7 Å². The maximum atomic E-state index is 12.4. The first kappa shape index (κ1) is 13.1. The van der Waals surface area contributed by atoms with Crippen molar-refractivity contribution in [3.63, 3.8) is 0 Å². The largest absolute Gasteiger partial charge is 0.335 e. The summed E-state index contributed by atoms with van der Waals surface area (Å²) in [5, 5.41) is 2.63. The zero-order chi connectivity index (χ0) is 13.0. The Morgan fingerprint density at radius 2 is 1.78 bits per heavy atom. The number of nitrogens with one attached hydrogen (secondary N) is 1. The fourth-order valence-electron chi connectivity index (χ4n) is 2.59. The van der Waals surface area contributed by atoms with Gasteiger partial charge in [0.25, 0.3) is 5.91 Å². The van der Waals surface area contributed by atoms with Gasteiger partial charge in [0.05, 0.1) is 0 Å². The molecule has 1 aliphatic carbocycles. The maximum Gasteiger partial charge on any atom is 0.270 e. The third-order valence-corrected chi connectivity index (χ3v) is 3.77. The molecule has 0 atom stereocenters. The van der Waals surface area contributed by atoms with E-state index in [9.17, 15) is 9.59 Å². The van der Waals surface area contributed by atoms with Gasteiger partial charge in [0.15, 0.2) is 0 Å². The second-order valence-corrected chi connectivity index (χ2v) is 5.04. The molecule has 1 saturated heterocycles. The summed E-state index contributed by atoms with van der Waals surface area (Å²) in [5.74, 6) is -0.00731. The van der Waals surface area contributed by atoms with Crippen LogP contribution in [0.15, 0.2) is 11.3 Å². The zero-order valence-electron chi connectivity index (χ0n) is 10.9. The highest BCUT2D eigenvalue weighted by Crippen LogP contribution is 2.26. The van der Waals surface area contributed by atoms with Gasteiger partial charge in [-0.2, -0.15) is 0 Å². The first-order valence-electron chi connectivity index (χ1n) is 6.62. The first-order valence-corrected chi connectivity index (χ1v) is 6.62. The van der Waals surface area contributed by atoms with E-state index >= 15 is 0 Å². The minimum absolute atomic E-state index is 0.00731. The normalized spacial score (nSPS) is 20.9. The second kappa shape index (κ2) is 6.00. The van der Waals surface area contributed by atoms with Gasteiger partial charge in [-0.05, 0) is 38.3 Å². The summed E-state index contributed by atoms with van der Waals surface area (Å²) >= 11 is 0. The number of nitrogens with zero attached hydrogens (tertiary/aromatic N) is 2. The Bertz CT molecular complexity index is 349. The summed E-state index contributed by atoms with van der Waals surface area (Å²) in [6, 6.07) is 0. The number of amides is 2. The molecular formula is C13H21N3O2. The van der Waals surface area contributed by atoms with Crippen molar-refractivity contribution in [2.75, 3.05) is 33.2 Å². The lowest BCUT2D eigenvalue weighted by molar-refractivity contribution is -0.129. The van der Waals surface area contributed by atoms with Crippen LogP contribution in [0.2, 0.25) is 0 Å². The van der Waals surface area contributed by atoms with Gasteiger partial charge >= 0.3 is 0 Å². The van der Waals surface area contributed by atoms with Crippen LogP contribution in [0.4, 0.5) is 0 Å². The number of rotatable bonds is 3. The van der Waals surface area contributed by atoms with Crippen molar-refractivity contribution in [1.82, 2.24) is 15.1 Å². The number of likely N-dealkylation sites (N-methyl/N-ethyl adjacent to an activating group) is 1. The van der Waals surface area contributed by atoms with E-state index in [0.29, 0.717) is 12.1 Å². The molecule has 0 aromatic heterocycles. The van der Waals surface area contributed by atoms with E-state index in [0.717, 1.165) is 57.4 Å².